The van der Waals surface area contributed by atoms with Gasteiger partial charge < -0.3 is 21.4 Å². The monoisotopic (exact) mass is 480 g/mol. The van der Waals surface area contributed by atoms with E-state index in [2.05, 4.69) is 102 Å². The van der Waals surface area contributed by atoms with Crippen LogP contribution >= 0.6 is 0 Å². The zero-order valence-electron chi connectivity index (χ0n) is 20.9. The molecule has 37 heavy (non-hydrogen) atoms. The van der Waals surface area contributed by atoms with Gasteiger partial charge in [-0.1, -0.05) is 68.5 Å². The minimum absolute atomic E-state index is 0.220. The number of H-pyrrole nitrogens is 1. The number of nitrogens with one attached hydrogen (secondary N) is 3. The molecule has 5 N–H and O–H groups in total. The summed E-state index contributed by atoms with van der Waals surface area (Å²) in [7, 11) is 0. The lowest BCUT2D eigenvalue weighted by Crippen LogP contribution is -2.20. The number of hydrogen-bond acceptors (Lipinski definition) is 3. The topological polar surface area (TPSA) is 65.9 Å². The summed E-state index contributed by atoms with van der Waals surface area (Å²) >= 11 is 0. The minimum Gasteiger partial charge on any atom is -0.398 e. The molecule has 0 unspecified atom stereocenters. The van der Waals surface area contributed by atoms with Crippen LogP contribution in [-0.2, 0) is 5.41 Å². The van der Waals surface area contributed by atoms with Gasteiger partial charge in [-0.3, -0.25) is 0 Å². The number of fused-ring (bicyclic) bond motifs is 6. The summed E-state index contributed by atoms with van der Waals surface area (Å²) in [6, 6.07) is 25.8. The van der Waals surface area contributed by atoms with Crippen molar-refractivity contribution >= 4 is 44.6 Å². The first-order valence-electron chi connectivity index (χ1n) is 12.7. The second-order valence-corrected chi connectivity index (χ2v) is 10.3. The van der Waals surface area contributed by atoms with Crippen molar-refractivity contribution in [2.45, 2.75) is 19.3 Å². The highest BCUT2D eigenvalue weighted by Crippen LogP contribution is 2.53. The van der Waals surface area contributed by atoms with E-state index in [0.29, 0.717) is 0 Å². The van der Waals surface area contributed by atoms with Gasteiger partial charge in [0.15, 0.2) is 0 Å². The van der Waals surface area contributed by atoms with Crippen LogP contribution in [0, 0.1) is 0 Å². The molecule has 4 heteroatoms. The summed E-state index contributed by atoms with van der Waals surface area (Å²) in [5.74, 6) is 0. The normalized spacial score (nSPS) is 15.2. The molecule has 0 spiro atoms. The molecule has 1 aromatic heterocycles. The molecule has 4 nitrogen and oxygen atoms in total. The molecule has 5 aromatic rings. The van der Waals surface area contributed by atoms with Crippen molar-refractivity contribution < 1.29 is 0 Å². The van der Waals surface area contributed by atoms with E-state index in [0.717, 1.165) is 39.4 Å². The second-order valence-electron chi connectivity index (χ2n) is 10.3. The van der Waals surface area contributed by atoms with Crippen molar-refractivity contribution in [1.82, 2.24) is 10.3 Å². The second kappa shape index (κ2) is 7.90. The Morgan fingerprint density at radius 3 is 2.57 bits per heavy atom. The standard InChI is InChI=1S/C33H28N4/c1-33(2)25-19-20(36-29-13-8-10-24-22-9-5-6-11-27(22)37-32(24)29)14-15-21(25)23-16-17-26(34)30(31(23)33)28-12-4-3-7-18-35-28/h3-19,35-37H,34H2,1-2H3. The van der Waals surface area contributed by atoms with Crippen LogP contribution in [0.15, 0.2) is 103 Å². The van der Waals surface area contributed by atoms with Gasteiger partial charge in [-0.25, -0.2) is 0 Å². The van der Waals surface area contributed by atoms with Gasteiger partial charge in [-0.15, -0.1) is 0 Å². The lowest BCUT2D eigenvalue weighted by Gasteiger charge is -2.26. The molecule has 0 bridgehead atoms. The van der Waals surface area contributed by atoms with E-state index in [1.165, 1.54) is 33.0 Å². The van der Waals surface area contributed by atoms with Gasteiger partial charge in [0.25, 0.3) is 0 Å². The van der Waals surface area contributed by atoms with Gasteiger partial charge in [-0.05, 0) is 64.7 Å². The zero-order chi connectivity index (χ0) is 25.1. The van der Waals surface area contributed by atoms with E-state index in [4.69, 9.17) is 5.73 Å². The van der Waals surface area contributed by atoms with E-state index in [9.17, 15) is 0 Å². The Morgan fingerprint density at radius 2 is 1.65 bits per heavy atom. The van der Waals surface area contributed by atoms with E-state index in [1.807, 2.05) is 30.5 Å². The Kier molecular flexibility index (Phi) is 4.61. The fourth-order valence-corrected chi connectivity index (χ4v) is 6.04. The van der Waals surface area contributed by atoms with Gasteiger partial charge in [0.2, 0.25) is 0 Å². The van der Waals surface area contributed by atoms with Gasteiger partial charge in [0, 0.05) is 50.5 Å². The summed E-state index contributed by atoms with van der Waals surface area (Å²) in [6.45, 7) is 4.59. The number of allylic oxidation sites excluding steroid dienone is 4. The van der Waals surface area contributed by atoms with Gasteiger partial charge in [0.1, 0.15) is 0 Å². The number of rotatable bonds is 3. The van der Waals surface area contributed by atoms with E-state index < -0.39 is 0 Å². The first-order valence-corrected chi connectivity index (χ1v) is 12.7. The third-order valence-electron chi connectivity index (χ3n) is 7.76. The Balaban J connectivity index is 1.33. The van der Waals surface area contributed by atoms with Crippen molar-refractivity contribution in [1.29, 1.82) is 0 Å². The number of nitrogens with two attached hydrogens (primary N) is 1. The molecule has 2 heterocycles. The number of anilines is 3. The van der Waals surface area contributed by atoms with E-state index in [1.54, 1.807) is 0 Å². The largest absolute Gasteiger partial charge is 0.398 e. The zero-order valence-corrected chi connectivity index (χ0v) is 20.9. The van der Waals surface area contributed by atoms with Gasteiger partial charge in [0.05, 0.1) is 11.2 Å². The molecule has 0 radical (unpaired) electrons. The van der Waals surface area contributed by atoms with Gasteiger partial charge >= 0.3 is 0 Å². The summed E-state index contributed by atoms with van der Waals surface area (Å²) < 4.78 is 0. The van der Waals surface area contributed by atoms with Crippen molar-refractivity contribution in [3.63, 3.8) is 0 Å². The molecule has 0 saturated carbocycles. The molecular weight excluding hydrogens is 452 g/mol. The van der Waals surface area contributed by atoms with Crippen LogP contribution in [0.5, 0.6) is 0 Å². The van der Waals surface area contributed by atoms with Crippen molar-refractivity contribution in [2.24, 2.45) is 0 Å². The van der Waals surface area contributed by atoms with Crippen LogP contribution in [0.1, 0.15) is 30.5 Å². The Bertz CT molecular complexity index is 1810. The quantitative estimate of drug-likeness (QED) is 0.198. The lowest BCUT2D eigenvalue weighted by atomic mass is 9.79. The van der Waals surface area contributed by atoms with Crippen LogP contribution in [0.25, 0.3) is 38.6 Å². The third kappa shape index (κ3) is 3.22. The first kappa shape index (κ1) is 21.6. The van der Waals surface area contributed by atoms with Crippen LogP contribution in [0.4, 0.5) is 17.1 Å². The predicted molar refractivity (Wildman–Crippen MR) is 157 cm³/mol. The highest BCUT2D eigenvalue weighted by atomic mass is 14.9. The molecule has 4 aromatic carbocycles. The van der Waals surface area contributed by atoms with Crippen LogP contribution in [0.3, 0.4) is 0 Å². The molecule has 0 fully saturated rings. The SMILES string of the molecule is CC1(C)c2cc(Nc3cccc4c3[nH]c3ccccc34)ccc2-c2ccc(N)c(C3=CC=CC=CN3)c21. The lowest BCUT2D eigenvalue weighted by molar-refractivity contribution is 0.658. The molecule has 7 rings (SSSR count). The molecule has 0 amide bonds. The maximum Gasteiger partial charge on any atom is 0.0704 e. The van der Waals surface area contributed by atoms with E-state index >= 15 is 0 Å². The molecule has 2 aliphatic rings. The van der Waals surface area contributed by atoms with Crippen LogP contribution in [-0.4, -0.2) is 4.98 Å². The molecule has 0 atom stereocenters. The highest BCUT2D eigenvalue weighted by Gasteiger charge is 2.39. The summed E-state index contributed by atoms with van der Waals surface area (Å²) in [5, 5.41) is 9.59. The predicted octanol–water partition coefficient (Wildman–Crippen LogP) is 7.97. The Morgan fingerprint density at radius 1 is 0.811 bits per heavy atom. The fraction of sp³-hybridized carbons (Fsp3) is 0.0909. The molecule has 0 saturated heterocycles. The number of benzene rings is 4. The molecule has 1 aliphatic carbocycles. The van der Waals surface area contributed by atoms with Gasteiger partial charge in [-0.2, -0.15) is 0 Å². The highest BCUT2D eigenvalue weighted by molar-refractivity contribution is 6.11. The average molecular weight is 481 g/mol. The maximum absolute atomic E-state index is 6.60. The Hall–Kier alpha value is -4.70. The number of aromatic amines is 1. The van der Waals surface area contributed by atoms with Crippen molar-refractivity contribution in [3.05, 3.63) is 120 Å². The maximum atomic E-state index is 6.60. The van der Waals surface area contributed by atoms with Crippen molar-refractivity contribution in [2.75, 3.05) is 11.1 Å². The Labute approximate surface area is 216 Å². The number of para-hydroxylation sites is 2. The fourth-order valence-electron chi connectivity index (χ4n) is 6.04. The van der Waals surface area contributed by atoms with Crippen LogP contribution in [0.2, 0.25) is 0 Å². The molecule has 1 aliphatic heterocycles. The summed E-state index contributed by atoms with van der Waals surface area (Å²) in [6.07, 6.45) is 10.1. The smallest absolute Gasteiger partial charge is 0.0704 e. The molecule has 180 valence electrons. The average Bonchev–Trinajstić information content (AvgIpc) is 3.22. The summed E-state index contributed by atoms with van der Waals surface area (Å²) in [5.41, 5.74) is 18.7. The summed E-state index contributed by atoms with van der Waals surface area (Å²) in [4.78, 5) is 3.60. The molecular formula is C33H28N4. The number of aromatic nitrogens is 1. The minimum atomic E-state index is -0.220. The number of nitrogen functional groups attached to an aromatic ring is 1. The van der Waals surface area contributed by atoms with Crippen molar-refractivity contribution in [3.8, 4) is 11.1 Å². The third-order valence-corrected chi connectivity index (χ3v) is 7.76. The van der Waals surface area contributed by atoms with Crippen LogP contribution < -0.4 is 16.4 Å². The van der Waals surface area contributed by atoms with E-state index in [-0.39, 0.29) is 5.41 Å². The first-order chi connectivity index (χ1) is 18.0. The number of hydrogen-bond donors (Lipinski definition) is 4.